The maximum absolute atomic E-state index is 14.2. The molecule has 3 saturated carbocycles. The van der Waals surface area contributed by atoms with Crippen LogP contribution in [0.1, 0.15) is 120 Å². The molecule has 0 aromatic rings. The zero-order chi connectivity index (χ0) is 38.8. The number of ketones is 1. The van der Waals surface area contributed by atoms with Gasteiger partial charge in [0.1, 0.15) is 24.2 Å². The second-order valence-electron chi connectivity index (χ2n) is 17.3. The maximum atomic E-state index is 14.2. The molecular weight excluding hydrogens is 670 g/mol. The highest BCUT2D eigenvalue weighted by atomic mass is 16.6. The first-order valence-electron chi connectivity index (χ1n) is 19.1. The number of amides is 5. The van der Waals surface area contributed by atoms with E-state index in [1.165, 1.54) is 24.2 Å². The number of Topliss-reactive ketones (excluding diaryl/α,β-unsaturated/α-hetero) is 1. The molecule has 4 rings (SSSR count). The molecule has 0 aromatic carbocycles. The molecule has 4 atom stereocenters. The van der Waals surface area contributed by atoms with Gasteiger partial charge in [0.2, 0.25) is 17.6 Å². The van der Waals surface area contributed by atoms with E-state index in [0.29, 0.717) is 18.9 Å². The van der Waals surface area contributed by atoms with Crippen molar-refractivity contribution in [3.63, 3.8) is 0 Å². The van der Waals surface area contributed by atoms with Crippen LogP contribution in [-0.4, -0.2) is 96.3 Å². The standard InChI is InChI=1S/C35H57N5O9.C3H6/c1-20(2)23-16-25(30(44)38-24(15-21-9-10-21)28(43)31(45)36-14-13-26(41)49-35(6,7)8)40(18-23)32(46)29(34(3,4)5)39-33(47)37-17-27(42)48-19-22-11-12-22;1-2-3-1/h20-25,29H,9-19H2,1-8H3,(H,36,45)(H,38,44)(H2,37,39,47);1-3H2. The van der Waals surface area contributed by atoms with Gasteiger partial charge in [0.15, 0.2) is 0 Å². The third-order valence-electron chi connectivity index (χ3n) is 9.33. The lowest BCUT2D eigenvalue weighted by Gasteiger charge is -2.35. The quantitative estimate of drug-likeness (QED) is 0.136. The molecule has 0 spiro atoms. The molecule has 4 N–H and O–H groups in total. The summed E-state index contributed by atoms with van der Waals surface area (Å²) in [6.45, 7) is 14.7. The van der Waals surface area contributed by atoms with Crippen LogP contribution in [0.4, 0.5) is 4.79 Å². The Bertz CT molecular complexity index is 1290. The van der Waals surface area contributed by atoms with Gasteiger partial charge in [-0.3, -0.25) is 28.8 Å². The van der Waals surface area contributed by atoms with Gasteiger partial charge in [-0.15, -0.1) is 0 Å². The van der Waals surface area contributed by atoms with E-state index in [2.05, 4.69) is 21.3 Å². The summed E-state index contributed by atoms with van der Waals surface area (Å²) >= 11 is 0. The maximum Gasteiger partial charge on any atom is 0.325 e. The van der Waals surface area contributed by atoms with Gasteiger partial charge < -0.3 is 35.6 Å². The molecule has 0 bridgehead atoms. The fourth-order valence-corrected chi connectivity index (χ4v) is 5.64. The zero-order valence-electron chi connectivity index (χ0n) is 32.6. The molecular formula is C38H63N5O9. The highest BCUT2D eigenvalue weighted by Crippen LogP contribution is 2.35. The summed E-state index contributed by atoms with van der Waals surface area (Å²) in [7, 11) is 0. The van der Waals surface area contributed by atoms with Crippen molar-refractivity contribution in [1.82, 2.24) is 26.2 Å². The highest BCUT2D eigenvalue weighted by Gasteiger charge is 2.46. The van der Waals surface area contributed by atoms with Gasteiger partial charge >= 0.3 is 18.0 Å². The summed E-state index contributed by atoms with van der Waals surface area (Å²) in [5.41, 5.74) is -1.44. The largest absolute Gasteiger partial charge is 0.464 e. The van der Waals surface area contributed by atoms with Gasteiger partial charge in [-0.2, -0.15) is 0 Å². The number of urea groups is 1. The van der Waals surface area contributed by atoms with Crippen molar-refractivity contribution in [1.29, 1.82) is 0 Å². The van der Waals surface area contributed by atoms with Gasteiger partial charge in [-0.1, -0.05) is 66.7 Å². The van der Waals surface area contributed by atoms with Crippen LogP contribution in [-0.2, 0) is 38.2 Å². The molecule has 4 aliphatic rings. The molecule has 1 saturated heterocycles. The minimum absolute atomic E-state index is 0.0240. The van der Waals surface area contributed by atoms with Crippen molar-refractivity contribution in [3.8, 4) is 0 Å². The highest BCUT2D eigenvalue weighted by molar-refractivity contribution is 6.38. The van der Waals surface area contributed by atoms with E-state index < -0.39 is 70.6 Å². The smallest absolute Gasteiger partial charge is 0.325 e. The molecule has 5 amide bonds. The fourth-order valence-electron chi connectivity index (χ4n) is 5.64. The second-order valence-corrected chi connectivity index (χ2v) is 17.3. The van der Waals surface area contributed by atoms with Crippen molar-refractivity contribution < 1.29 is 43.0 Å². The van der Waals surface area contributed by atoms with Crippen LogP contribution in [0.3, 0.4) is 0 Å². The van der Waals surface area contributed by atoms with Gasteiger partial charge in [0, 0.05) is 13.1 Å². The fraction of sp³-hybridized carbons (Fsp3) is 0.816. The Labute approximate surface area is 309 Å². The van der Waals surface area contributed by atoms with E-state index in [4.69, 9.17) is 9.47 Å². The van der Waals surface area contributed by atoms with Crippen molar-refractivity contribution in [2.24, 2.45) is 29.1 Å². The molecule has 14 heteroatoms. The third-order valence-corrected chi connectivity index (χ3v) is 9.33. The number of hydrogen-bond donors (Lipinski definition) is 4. The summed E-state index contributed by atoms with van der Waals surface area (Å²) in [5.74, 6) is -3.13. The monoisotopic (exact) mass is 733 g/mol. The van der Waals surface area contributed by atoms with Crippen LogP contribution >= 0.6 is 0 Å². The first kappa shape index (κ1) is 42.7. The molecule has 52 heavy (non-hydrogen) atoms. The van der Waals surface area contributed by atoms with Crippen LogP contribution in [0.25, 0.3) is 0 Å². The molecule has 1 heterocycles. The molecule has 0 aromatic heterocycles. The van der Waals surface area contributed by atoms with Crippen molar-refractivity contribution in [3.05, 3.63) is 0 Å². The minimum Gasteiger partial charge on any atom is -0.464 e. The number of esters is 2. The molecule has 294 valence electrons. The molecule has 4 fully saturated rings. The number of nitrogens with one attached hydrogen (secondary N) is 4. The van der Waals surface area contributed by atoms with Crippen LogP contribution in [0.5, 0.6) is 0 Å². The lowest BCUT2D eigenvalue weighted by molar-refractivity contribution is -0.154. The van der Waals surface area contributed by atoms with Crippen LogP contribution < -0.4 is 21.3 Å². The first-order chi connectivity index (χ1) is 24.2. The van der Waals surface area contributed by atoms with Gasteiger partial charge in [0.25, 0.3) is 5.91 Å². The summed E-state index contributed by atoms with van der Waals surface area (Å²) < 4.78 is 10.4. The number of likely N-dealkylation sites (tertiary alicyclic amines) is 1. The van der Waals surface area contributed by atoms with Gasteiger partial charge in [-0.05, 0) is 75.5 Å². The molecule has 4 unspecified atom stereocenters. The SMILES string of the molecule is C1CC1.CC(C)C1CC(C(=O)NC(CC2CC2)C(=O)C(=O)NCCC(=O)OC(C)(C)C)N(C(=O)C(NC(=O)NCC(=O)OCC2CC2)C(C)(C)C)C1. The molecule has 14 nitrogen and oxygen atoms in total. The predicted molar refractivity (Wildman–Crippen MR) is 194 cm³/mol. The van der Waals surface area contributed by atoms with E-state index in [1.807, 2.05) is 13.8 Å². The predicted octanol–water partition coefficient (Wildman–Crippen LogP) is 3.40. The van der Waals surface area contributed by atoms with E-state index in [0.717, 1.165) is 25.7 Å². The second kappa shape index (κ2) is 18.9. The number of ether oxygens (including phenoxy) is 2. The lowest BCUT2D eigenvalue weighted by atomic mass is 9.85. The Balaban J connectivity index is 0.00000230. The number of carbonyl (C=O) groups excluding carboxylic acids is 7. The van der Waals surface area contributed by atoms with E-state index in [9.17, 15) is 33.6 Å². The van der Waals surface area contributed by atoms with Crippen LogP contribution in [0.2, 0.25) is 0 Å². The summed E-state index contributed by atoms with van der Waals surface area (Å²) in [6, 6.07) is -3.80. The Morgan fingerprint density at radius 2 is 1.42 bits per heavy atom. The van der Waals surface area contributed by atoms with E-state index in [1.54, 1.807) is 41.5 Å². The number of rotatable bonds is 16. The average molecular weight is 734 g/mol. The lowest BCUT2D eigenvalue weighted by Crippen LogP contribution is -2.60. The third kappa shape index (κ3) is 15.5. The average Bonchev–Trinajstić information content (AvgIpc) is 3.88. The van der Waals surface area contributed by atoms with Crippen LogP contribution in [0, 0.1) is 29.1 Å². The van der Waals surface area contributed by atoms with E-state index >= 15 is 0 Å². The Morgan fingerprint density at radius 1 is 0.808 bits per heavy atom. The van der Waals surface area contributed by atoms with E-state index in [-0.39, 0.29) is 50.2 Å². The topological polar surface area (TPSA) is 189 Å². The molecule has 0 radical (unpaired) electrons. The van der Waals surface area contributed by atoms with Gasteiger partial charge in [-0.25, -0.2) is 4.79 Å². The van der Waals surface area contributed by atoms with Crippen molar-refractivity contribution in [2.75, 3.05) is 26.2 Å². The molecule has 3 aliphatic carbocycles. The number of carbonyl (C=O) groups is 7. The minimum atomic E-state index is -1.10. The zero-order valence-corrected chi connectivity index (χ0v) is 32.6. The van der Waals surface area contributed by atoms with Crippen molar-refractivity contribution >= 4 is 41.5 Å². The van der Waals surface area contributed by atoms with Crippen LogP contribution in [0.15, 0.2) is 0 Å². The van der Waals surface area contributed by atoms with Crippen molar-refractivity contribution in [2.45, 2.75) is 143 Å². The number of nitrogens with zero attached hydrogens (tertiary/aromatic N) is 1. The Hall–Kier alpha value is -3.71. The summed E-state index contributed by atoms with van der Waals surface area (Å²) in [5, 5.41) is 10.4. The molecule has 1 aliphatic heterocycles. The Morgan fingerprint density at radius 3 is 1.94 bits per heavy atom. The summed E-state index contributed by atoms with van der Waals surface area (Å²) in [4.78, 5) is 92.5. The number of hydrogen-bond acceptors (Lipinski definition) is 9. The Kier molecular flexibility index (Phi) is 15.5. The summed E-state index contributed by atoms with van der Waals surface area (Å²) in [6.07, 6.45) is 8.82. The van der Waals surface area contributed by atoms with Gasteiger partial charge in [0.05, 0.1) is 19.1 Å². The normalized spacial score (nSPS) is 20.8. The first-order valence-corrected chi connectivity index (χ1v) is 19.1.